The first-order valence-corrected chi connectivity index (χ1v) is 7.40. The molecule has 0 spiro atoms. The summed E-state index contributed by atoms with van der Waals surface area (Å²) in [4.78, 5) is 6.90. The SMILES string of the molecule is C1CN(Cc2noc(C3CCSC3)n2)CCN1. The highest BCUT2D eigenvalue weighted by molar-refractivity contribution is 7.99. The minimum atomic E-state index is 0.490. The van der Waals surface area contributed by atoms with E-state index in [0.717, 1.165) is 50.2 Å². The largest absolute Gasteiger partial charge is 0.339 e. The van der Waals surface area contributed by atoms with E-state index in [-0.39, 0.29) is 0 Å². The Bertz CT molecular complexity index is 358. The van der Waals surface area contributed by atoms with E-state index in [1.807, 2.05) is 11.8 Å². The zero-order valence-electron chi connectivity index (χ0n) is 9.89. The zero-order chi connectivity index (χ0) is 11.5. The first-order chi connectivity index (χ1) is 8.42. The van der Waals surface area contributed by atoms with Gasteiger partial charge in [0.05, 0.1) is 6.54 Å². The molecule has 0 aromatic carbocycles. The highest BCUT2D eigenvalue weighted by atomic mass is 32.2. The molecule has 2 aliphatic heterocycles. The molecule has 3 heterocycles. The van der Waals surface area contributed by atoms with Gasteiger partial charge < -0.3 is 9.84 Å². The highest BCUT2D eigenvalue weighted by Crippen LogP contribution is 2.31. The van der Waals surface area contributed by atoms with E-state index in [1.54, 1.807) is 0 Å². The van der Waals surface area contributed by atoms with Crippen LogP contribution in [0.5, 0.6) is 0 Å². The van der Waals surface area contributed by atoms with Crippen LogP contribution in [0, 0.1) is 0 Å². The summed E-state index contributed by atoms with van der Waals surface area (Å²) in [6, 6.07) is 0. The second-order valence-electron chi connectivity index (χ2n) is 4.64. The summed E-state index contributed by atoms with van der Waals surface area (Å²) in [7, 11) is 0. The predicted molar refractivity (Wildman–Crippen MR) is 67.1 cm³/mol. The number of hydrogen-bond acceptors (Lipinski definition) is 6. The van der Waals surface area contributed by atoms with Crippen molar-refractivity contribution in [1.29, 1.82) is 0 Å². The van der Waals surface area contributed by atoms with Crippen LogP contribution in [0.4, 0.5) is 0 Å². The van der Waals surface area contributed by atoms with E-state index in [2.05, 4.69) is 20.4 Å². The average molecular weight is 254 g/mol. The molecule has 2 aliphatic rings. The van der Waals surface area contributed by atoms with Crippen LogP contribution in [0.25, 0.3) is 0 Å². The molecular weight excluding hydrogens is 236 g/mol. The van der Waals surface area contributed by atoms with Crippen LogP contribution in [0.1, 0.15) is 24.1 Å². The van der Waals surface area contributed by atoms with E-state index in [9.17, 15) is 0 Å². The highest BCUT2D eigenvalue weighted by Gasteiger charge is 2.24. The van der Waals surface area contributed by atoms with Crippen molar-refractivity contribution in [2.75, 3.05) is 37.7 Å². The lowest BCUT2D eigenvalue weighted by Crippen LogP contribution is -2.43. The van der Waals surface area contributed by atoms with Crippen molar-refractivity contribution in [3.8, 4) is 0 Å². The number of nitrogens with zero attached hydrogens (tertiary/aromatic N) is 3. The van der Waals surface area contributed by atoms with Gasteiger partial charge in [-0.1, -0.05) is 5.16 Å². The molecule has 2 fully saturated rings. The summed E-state index contributed by atoms with van der Waals surface area (Å²) in [5, 5.41) is 7.44. The van der Waals surface area contributed by atoms with Gasteiger partial charge in [0.1, 0.15) is 0 Å². The second-order valence-corrected chi connectivity index (χ2v) is 5.79. The summed E-state index contributed by atoms with van der Waals surface area (Å²) in [5.74, 6) is 4.54. The Morgan fingerprint density at radius 2 is 2.29 bits per heavy atom. The Morgan fingerprint density at radius 1 is 1.41 bits per heavy atom. The Morgan fingerprint density at radius 3 is 3.06 bits per heavy atom. The third-order valence-electron chi connectivity index (χ3n) is 3.34. The van der Waals surface area contributed by atoms with Crippen molar-refractivity contribution in [3.05, 3.63) is 11.7 Å². The molecule has 3 rings (SSSR count). The minimum absolute atomic E-state index is 0.490. The van der Waals surface area contributed by atoms with Gasteiger partial charge in [-0.15, -0.1) is 0 Å². The smallest absolute Gasteiger partial charge is 0.230 e. The van der Waals surface area contributed by atoms with Crippen LogP contribution < -0.4 is 5.32 Å². The Kier molecular flexibility index (Phi) is 3.63. The number of aromatic nitrogens is 2. The summed E-state index contributed by atoms with van der Waals surface area (Å²) < 4.78 is 5.37. The maximum absolute atomic E-state index is 5.37. The van der Waals surface area contributed by atoms with Crippen molar-refractivity contribution in [2.24, 2.45) is 0 Å². The molecule has 0 amide bonds. The molecule has 1 atom stereocenters. The molecule has 1 unspecified atom stereocenters. The van der Waals surface area contributed by atoms with Crippen LogP contribution in [0.15, 0.2) is 4.52 Å². The second kappa shape index (κ2) is 5.37. The normalized spacial score (nSPS) is 26.5. The molecule has 5 nitrogen and oxygen atoms in total. The Balaban J connectivity index is 1.59. The number of rotatable bonds is 3. The fourth-order valence-corrected chi connectivity index (χ4v) is 3.51. The number of hydrogen-bond donors (Lipinski definition) is 1. The zero-order valence-corrected chi connectivity index (χ0v) is 10.7. The predicted octanol–water partition coefficient (Wildman–Crippen LogP) is 0.695. The van der Waals surface area contributed by atoms with E-state index < -0.39 is 0 Å². The molecular formula is C11H18N4OS. The fourth-order valence-electron chi connectivity index (χ4n) is 2.30. The summed E-state index contributed by atoms with van der Waals surface area (Å²) in [5.41, 5.74) is 0. The quantitative estimate of drug-likeness (QED) is 0.857. The van der Waals surface area contributed by atoms with Gasteiger partial charge in [0, 0.05) is 37.8 Å². The van der Waals surface area contributed by atoms with Crippen molar-refractivity contribution < 1.29 is 4.52 Å². The molecule has 1 N–H and O–H groups in total. The third kappa shape index (κ3) is 2.81. The molecule has 1 aromatic rings. The molecule has 0 aliphatic carbocycles. The van der Waals surface area contributed by atoms with Crippen LogP contribution in [-0.4, -0.2) is 52.7 Å². The number of piperazine rings is 1. The summed E-state index contributed by atoms with van der Waals surface area (Å²) in [6.07, 6.45) is 1.18. The van der Waals surface area contributed by atoms with Gasteiger partial charge in [0.15, 0.2) is 5.82 Å². The van der Waals surface area contributed by atoms with Crippen LogP contribution >= 0.6 is 11.8 Å². The molecule has 94 valence electrons. The number of nitrogens with one attached hydrogen (secondary N) is 1. The molecule has 0 radical (unpaired) electrons. The van der Waals surface area contributed by atoms with Crippen LogP contribution in [0.2, 0.25) is 0 Å². The standard InChI is InChI=1S/C11H18N4OS/c1-6-17-8-9(1)11-13-10(14-16-11)7-15-4-2-12-3-5-15/h9,12H,1-8H2. The van der Waals surface area contributed by atoms with E-state index in [1.165, 1.54) is 12.2 Å². The lowest BCUT2D eigenvalue weighted by molar-refractivity contribution is 0.224. The maximum atomic E-state index is 5.37. The van der Waals surface area contributed by atoms with Gasteiger partial charge in [-0.2, -0.15) is 16.7 Å². The summed E-state index contributed by atoms with van der Waals surface area (Å²) in [6.45, 7) is 5.09. The minimum Gasteiger partial charge on any atom is -0.339 e. The topological polar surface area (TPSA) is 54.2 Å². The van der Waals surface area contributed by atoms with Crippen molar-refractivity contribution in [2.45, 2.75) is 18.9 Å². The van der Waals surface area contributed by atoms with Crippen molar-refractivity contribution in [3.63, 3.8) is 0 Å². The summed E-state index contributed by atoms with van der Waals surface area (Å²) >= 11 is 1.98. The lowest BCUT2D eigenvalue weighted by atomic mass is 10.1. The first-order valence-electron chi connectivity index (χ1n) is 6.25. The molecule has 0 bridgehead atoms. The Hall–Kier alpha value is -0.590. The van der Waals surface area contributed by atoms with Crippen molar-refractivity contribution >= 4 is 11.8 Å². The molecule has 2 saturated heterocycles. The Labute approximate surface area is 105 Å². The number of thioether (sulfide) groups is 1. The molecule has 0 saturated carbocycles. The molecule has 17 heavy (non-hydrogen) atoms. The third-order valence-corrected chi connectivity index (χ3v) is 4.50. The van der Waals surface area contributed by atoms with Gasteiger partial charge in [0.2, 0.25) is 5.89 Å². The van der Waals surface area contributed by atoms with Crippen LogP contribution in [0.3, 0.4) is 0 Å². The molecule has 6 heteroatoms. The lowest BCUT2D eigenvalue weighted by Gasteiger charge is -2.25. The van der Waals surface area contributed by atoms with Gasteiger partial charge in [-0.3, -0.25) is 4.90 Å². The van der Waals surface area contributed by atoms with E-state index >= 15 is 0 Å². The van der Waals surface area contributed by atoms with Gasteiger partial charge in [-0.25, -0.2) is 0 Å². The molecule has 1 aromatic heterocycles. The van der Waals surface area contributed by atoms with E-state index in [0.29, 0.717) is 5.92 Å². The average Bonchev–Trinajstić information content (AvgIpc) is 3.00. The van der Waals surface area contributed by atoms with E-state index in [4.69, 9.17) is 4.52 Å². The van der Waals surface area contributed by atoms with Gasteiger partial charge in [-0.05, 0) is 12.2 Å². The maximum Gasteiger partial charge on any atom is 0.230 e. The first kappa shape index (κ1) is 11.5. The van der Waals surface area contributed by atoms with Crippen LogP contribution in [-0.2, 0) is 6.54 Å². The monoisotopic (exact) mass is 254 g/mol. The van der Waals surface area contributed by atoms with Gasteiger partial charge >= 0.3 is 0 Å². The van der Waals surface area contributed by atoms with Gasteiger partial charge in [0.25, 0.3) is 0 Å². The fraction of sp³-hybridized carbons (Fsp3) is 0.818. The van der Waals surface area contributed by atoms with Crippen molar-refractivity contribution in [1.82, 2.24) is 20.4 Å².